The van der Waals surface area contributed by atoms with Gasteiger partial charge < -0.3 is 10.3 Å². The highest BCUT2D eigenvalue weighted by Gasteiger charge is 2.06. The second kappa shape index (κ2) is 3.82. The second-order valence-corrected chi connectivity index (χ2v) is 3.79. The predicted octanol–water partition coefficient (Wildman–Crippen LogP) is 1.81. The van der Waals surface area contributed by atoms with Gasteiger partial charge in [-0.2, -0.15) is 0 Å². The van der Waals surface area contributed by atoms with Gasteiger partial charge in [-0.25, -0.2) is 4.98 Å². The van der Waals surface area contributed by atoms with Crippen molar-refractivity contribution in [3.63, 3.8) is 0 Å². The minimum Gasteiger partial charge on any atom is -0.389 e. The summed E-state index contributed by atoms with van der Waals surface area (Å²) in [6, 6.07) is 5.97. The van der Waals surface area contributed by atoms with Crippen LogP contribution in [0.4, 0.5) is 0 Å². The summed E-state index contributed by atoms with van der Waals surface area (Å²) in [5.74, 6) is 0. The minimum absolute atomic E-state index is 0.402. The minimum atomic E-state index is 0.402. The van der Waals surface area contributed by atoms with E-state index >= 15 is 0 Å². The van der Waals surface area contributed by atoms with Gasteiger partial charge in [0.2, 0.25) is 0 Å². The molecule has 15 heavy (non-hydrogen) atoms. The zero-order valence-corrected chi connectivity index (χ0v) is 9.16. The number of hydrogen-bond donors (Lipinski definition) is 1. The lowest BCUT2D eigenvalue weighted by atomic mass is 10.1. The Balaban J connectivity index is 2.63. The summed E-state index contributed by atoms with van der Waals surface area (Å²) in [7, 11) is 0. The van der Waals surface area contributed by atoms with Gasteiger partial charge in [0.1, 0.15) is 4.99 Å². The SMILES string of the molecule is Cc1ccc(C(N)=S)c(-n2ccnc2)c1. The van der Waals surface area contributed by atoms with Crippen molar-refractivity contribution in [2.75, 3.05) is 0 Å². The molecule has 0 saturated carbocycles. The molecular weight excluding hydrogens is 206 g/mol. The Morgan fingerprint density at radius 1 is 1.47 bits per heavy atom. The molecule has 0 amide bonds. The zero-order valence-electron chi connectivity index (χ0n) is 8.34. The van der Waals surface area contributed by atoms with E-state index in [1.54, 1.807) is 12.5 Å². The summed E-state index contributed by atoms with van der Waals surface area (Å²) in [5.41, 5.74) is 8.68. The number of imidazole rings is 1. The monoisotopic (exact) mass is 217 g/mol. The van der Waals surface area contributed by atoms with Crippen molar-refractivity contribution in [3.05, 3.63) is 48.0 Å². The highest BCUT2D eigenvalue weighted by atomic mass is 32.1. The first-order valence-electron chi connectivity index (χ1n) is 4.57. The summed E-state index contributed by atoms with van der Waals surface area (Å²) < 4.78 is 1.90. The number of aromatic nitrogens is 2. The fraction of sp³-hybridized carbons (Fsp3) is 0.0909. The molecule has 0 aliphatic carbocycles. The standard InChI is InChI=1S/C11H11N3S/c1-8-2-3-9(11(12)15)10(6-8)14-5-4-13-7-14/h2-7H,1H3,(H2,12,15). The molecule has 2 rings (SSSR count). The quantitative estimate of drug-likeness (QED) is 0.780. The Morgan fingerprint density at radius 3 is 2.87 bits per heavy atom. The molecular formula is C11H11N3S. The van der Waals surface area contributed by atoms with E-state index in [1.807, 2.05) is 35.9 Å². The third-order valence-electron chi connectivity index (χ3n) is 2.20. The van der Waals surface area contributed by atoms with Crippen molar-refractivity contribution >= 4 is 17.2 Å². The van der Waals surface area contributed by atoms with Crippen molar-refractivity contribution in [3.8, 4) is 5.69 Å². The van der Waals surface area contributed by atoms with E-state index in [-0.39, 0.29) is 0 Å². The fourth-order valence-corrected chi connectivity index (χ4v) is 1.64. The van der Waals surface area contributed by atoms with E-state index in [1.165, 1.54) is 5.56 Å². The molecule has 0 aliphatic heterocycles. The molecule has 4 heteroatoms. The summed E-state index contributed by atoms with van der Waals surface area (Å²) in [4.78, 5) is 4.41. The van der Waals surface area contributed by atoms with Crippen LogP contribution in [0.5, 0.6) is 0 Å². The largest absolute Gasteiger partial charge is 0.389 e. The smallest absolute Gasteiger partial charge is 0.106 e. The van der Waals surface area contributed by atoms with Gasteiger partial charge in [-0.1, -0.05) is 18.3 Å². The first-order valence-corrected chi connectivity index (χ1v) is 4.98. The first kappa shape index (κ1) is 9.86. The Morgan fingerprint density at radius 2 is 2.27 bits per heavy atom. The van der Waals surface area contributed by atoms with E-state index in [4.69, 9.17) is 18.0 Å². The van der Waals surface area contributed by atoms with Crippen LogP contribution in [0.25, 0.3) is 5.69 Å². The van der Waals surface area contributed by atoms with E-state index in [2.05, 4.69) is 4.98 Å². The van der Waals surface area contributed by atoms with Crippen molar-refractivity contribution in [1.29, 1.82) is 0 Å². The van der Waals surface area contributed by atoms with Crippen LogP contribution in [0.2, 0.25) is 0 Å². The van der Waals surface area contributed by atoms with Crippen molar-refractivity contribution in [2.45, 2.75) is 6.92 Å². The van der Waals surface area contributed by atoms with E-state index in [9.17, 15) is 0 Å². The van der Waals surface area contributed by atoms with Gasteiger partial charge in [0.05, 0.1) is 12.0 Å². The number of nitrogens with zero attached hydrogens (tertiary/aromatic N) is 2. The number of benzene rings is 1. The lowest BCUT2D eigenvalue weighted by Crippen LogP contribution is -2.13. The topological polar surface area (TPSA) is 43.8 Å². The van der Waals surface area contributed by atoms with E-state index in [0.29, 0.717) is 4.99 Å². The normalized spacial score (nSPS) is 10.2. The summed E-state index contributed by atoms with van der Waals surface area (Å²) >= 11 is 5.01. The first-order chi connectivity index (χ1) is 7.18. The molecule has 2 N–H and O–H groups in total. The Kier molecular flexibility index (Phi) is 2.51. The van der Waals surface area contributed by atoms with Gasteiger partial charge in [0, 0.05) is 18.0 Å². The zero-order chi connectivity index (χ0) is 10.8. The molecule has 0 bridgehead atoms. The molecule has 76 valence electrons. The fourth-order valence-electron chi connectivity index (χ4n) is 1.47. The molecule has 0 radical (unpaired) electrons. The molecule has 3 nitrogen and oxygen atoms in total. The Hall–Kier alpha value is -1.68. The maximum atomic E-state index is 5.67. The molecule has 0 unspecified atom stereocenters. The molecule has 1 aromatic carbocycles. The lowest BCUT2D eigenvalue weighted by Gasteiger charge is -2.09. The van der Waals surface area contributed by atoms with Gasteiger partial charge in [0.15, 0.2) is 0 Å². The maximum Gasteiger partial charge on any atom is 0.106 e. The molecule has 1 aromatic heterocycles. The Bertz CT molecular complexity index is 489. The van der Waals surface area contributed by atoms with Gasteiger partial charge in [-0.15, -0.1) is 0 Å². The molecule has 0 fully saturated rings. The number of rotatable bonds is 2. The molecule has 0 atom stereocenters. The van der Waals surface area contributed by atoms with Crippen molar-refractivity contribution in [2.24, 2.45) is 5.73 Å². The van der Waals surface area contributed by atoms with Gasteiger partial charge in [-0.3, -0.25) is 0 Å². The number of aryl methyl sites for hydroxylation is 1. The number of nitrogens with two attached hydrogens (primary N) is 1. The van der Waals surface area contributed by atoms with Crippen molar-refractivity contribution < 1.29 is 0 Å². The molecule has 0 spiro atoms. The second-order valence-electron chi connectivity index (χ2n) is 3.35. The van der Waals surface area contributed by atoms with Gasteiger partial charge in [0.25, 0.3) is 0 Å². The molecule has 0 saturated heterocycles. The highest BCUT2D eigenvalue weighted by molar-refractivity contribution is 7.80. The van der Waals surface area contributed by atoms with Crippen LogP contribution in [0.15, 0.2) is 36.9 Å². The highest BCUT2D eigenvalue weighted by Crippen LogP contribution is 2.16. The van der Waals surface area contributed by atoms with Gasteiger partial charge >= 0.3 is 0 Å². The van der Waals surface area contributed by atoms with Crippen LogP contribution in [0, 0.1) is 6.92 Å². The number of hydrogen-bond acceptors (Lipinski definition) is 2. The van der Waals surface area contributed by atoms with Gasteiger partial charge in [-0.05, 0) is 24.6 Å². The van der Waals surface area contributed by atoms with E-state index < -0.39 is 0 Å². The molecule has 0 aliphatic rings. The average molecular weight is 217 g/mol. The number of thiocarbonyl (C=S) groups is 1. The third-order valence-corrected chi connectivity index (χ3v) is 2.42. The summed E-state index contributed by atoms with van der Waals surface area (Å²) in [6.45, 7) is 2.03. The van der Waals surface area contributed by atoms with Crippen LogP contribution in [-0.4, -0.2) is 14.5 Å². The molecule has 2 aromatic rings. The predicted molar refractivity (Wildman–Crippen MR) is 64.2 cm³/mol. The van der Waals surface area contributed by atoms with Crippen LogP contribution >= 0.6 is 12.2 Å². The van der Waals surface area contributed by atoms with Crippen LogP contribution in [0.3, 0.4) is 0 Å². The van der Waals surface area contributed by atoms with E-state index in [0.717, 1.165) is 11.3 Å². The third kappa shape index (κ3) is 1.89. The van der Waals surface area contributed by atoms with Crippen LogP contribution < -0.4 is 5.73 Å². The summed E-state index contributed by atoms with van der Waals surface area (Å²) in [5, 5.41) is 0. The maximum absolute atomic E-state index is 5.67. The van der Waals surface area contributed by atoms with Crippen molar-refractivity contribution in [1.82, 2.24) is 9.55 Å². The van der Waals surface area contributed by atoms with Crippen LogP contribution in [0.1, 0.15) is 11.1 Å². The molecule has 1 heterocycles. The summed E-state index contributed by atoms with van der Waals surface area (Å²) in [6.07, 6.45) is 5.33. The Labute approximate surface area is 93.6 Å². The van der Waals surface area contributed by atoms with Crippen LogP contribution in [-0.2, 0) is 0 Å². The average Bonchev–Trinajstić information content (AvgIpc) is 2.69. The lowest BCUT2D eigenvalue weighted by molar-refractivity contribution is 1.05.